The Balaban J connectivity index is 0.000000561. The number of carboxylic acid groups (broad SMARTS) is 1. The van der Waals surface area contributed by atoms with Crippen LogP contribution in [0.15, 0.2) is 18.2 Å². The smallest absolute Gasteiger partial charge is 0.354 e. The number of carbonyl (C=O) groups is 1. The van der Waals surface area contributed by atoms with E-state index in [1.807, 2.05) is 0 Å². The number of nitrogens with two attached hydrogens (primary N) is 2. The monoisotopic (exact) mass is 169 g/mol. The highest BCUT2D eigenvalue weighted by Gasteiger charge is 2.01. The molecule has 1 heterocycles. The average molecular weight is 169 g/mol. The molecule has 1 rings (SSSR count). The van der Waals surface area contributed by atoms with E-state index in [9.17, 15) is 4.79 Å². The Bertz CT molecular complexity index is 263. The van der Waals surface area contributed by atoms with Crippen LogP contribution in [0.4, 0.5) is 0 Å². The molecule has 5 heteroatoms. The van der Waals surface area contributed by atoms with E-state index in [2.05, 4.69) is 16.7 Å². The number of hydrogen-bond acceptors (Lipinski definition) is 4. The predicted molar refractivity (Wildman–Crippen MR) is 44.3 cm³/mol. The van der Waals surface area contributed by atoms with E-state index in [1.54, 1.807) is 19.1 Å². The van der Waals surface area contributed by atoms with Gasteiger partial charge in [0.05, 0.1) is 0 Å². The van der Waals surface area contributed by atoms with Crippen LogP contribution in [0, 0.1) is 6.92 Å². The fraction of sp³-hybridized carbons (Fsp3) is 0.143. The molecule has 0 bridgehead atoms. The van der Waals surface area contributed by atoms with Crippen LogP contribution in [0.5, 0.6) is 0 Å². The molecule has 0 aliphatic carbocycles. The van der Waals surface area contributed by atoms with Crippen molar-refractivity contribution in [1.82, 2.24) is 4.98 Å². The number of nitrogens with zero attached hydrogens (tertiary/aromatic N) is 1. The van der Waals surface area contributed by atoms with Crippen LogP contribution in [0.2, 0.25) is 0 Å². The van der Waals surface area contributed by atoms with Gasteiger partial charge in [-0.2, -0.15) is 0 Å². The third-order valence-electron chi connectivity index (χ3n) is 1.11. The van der Waals surface area contributed by atoms with Crippen LogP contribution >= 0.6 is 0 Å². The maximum Gasteiger partial charge on any atom is 0.354 e. The number of aromatic nitrogens is 1. The van der Waals surface area contributed by atoms with Crippen LogP contribution < -0.4 is 11.7 Å². The number of carboxylic acids is 1. The maximum absolute atomic E-state index is 10.3. The minimum Gasteiger partial charge on any atom is -0.477 e. The highest BCUT2D eigenvalue weighted by atomic mass is 16.4. The van der Waals surface area contributed by atoms with Gasteiger partial charge < -0.3 is 5.11 Å². The molecule has 0 aliphatic heterocycles. The van der Waals surface area contributed by atoms with Crippen molar-refractivity contribution in [2.45, 2.75) is 6.92 Å². The lowest BCUT2D eigenvalue weighted by atomic mass is 10.3. The molecule has 1 aromatic rings. The second-order valence-electron chi connectivity index (χ2n) is 1.97. The first-order valence-corrected chi connectivity index (χ1v) is 3.20. The highest BCUT2D eigenvalue weighted by Crippen LogP contribution is 1.96. The second-order valence-corrected chi connectivity index (χ2v) is 1.97. The molecule has 0 spiro atoms. The van der Waals surface area contributed by atoms with Gasteiger partial charge in [-0.25, -0.2) is 9.78 Å². The van der Waals surface area contributed by atoms with E-state index < -0.39 is 5.97 Å². The van der Waals surface area contributed by atoms with Crippen molar-refractivity contribution in [3.8, 4) is 0 Å². The summed E-state index contributed by atoms with van der Waals surface area (Å²) in [5, 5.41) is 8.45. The Labute approximate surface area is 70.0 Å². The summed E-state index contributed by atoms with van der Waals surface area (Å²) < 4.78 is 0. The first-order valence-electron chi connectivity index (χ1n) is 3.20. The van der Waals surface area contributed by atoms with Crippen LogP contribution in [0.1, 0.15) is 16.2 Å². The van der Waals surface area contributed by atoms with Gasteiger partial charge in [-0.15, -0.1) is 0 Å². The van der Waals surface area contributed by atoms with Crippen LogP contribution in [-0.4, -0.2) is 16.1 Å². The third-order valence-corrected chi connectivity index (χ3v) is 1.11. The Hall–Kier alpha value is -1.46. The van der Waals surface area contributed by atoms with Crippen LogP contribution in [-0.2, 0) is 0 Å². The molecule has 0 saturated heterocycles. The van der Waals surface area contributed by atoms with E-state index in [-0.39, 0.29) is 5.69 Å². The van der Waals surface area contributed by atoms with Crippen molar-refractivity contribution < 1.29 is 9.90 Å². The molecule has 66 valence electrons. The zero-order valence-electron chi connectivity index (χ0n) is 6.69. The van der Waals surface area contributed by atoms with Gasteiger partial charge in [-0.3, -0.25) is 11.7 Å². The topological polar surface area (TPSA) is 102 Å². The van der Waals surface area contributed by atoms with Gasteiger partial charge in [0.25, 0.3) is 0 Å². The summed E-state index contributed by atoms with van der Waals surface area (Å²) in [6, 6.07) is 4.90. The summed E-state index contributed by atoms with van der Waals surface area (Å²) in [6.45, 7) is 1.76. The Morgan fingerprint density at radius 2 is 2.08 bits per heavy atom. The maximum atomic E-state index is 10.3. The lowest BCUT2D eigenvalue weighted by molar-refractivity contribution is 0.0690. The van der Waals surface area contributed by atoms with Crippen molar-refractivity contribution in [3.05, 3.63) is 29.6 Å². The molecule has 0 saturated carbocycles. The number of aromatic carboxylic acids is 1. The summed E-state index contributed by atoms with van der Waals surface area (Å²) in [5.74, 6) is 7.02. The third kappa shape index (κ3) is 3.09. The lowest BCUT2D eigenvalue weighted by Crippen LogP contribution is -2.02. The summed E-state index contributed by atoms with van der Waals surface area (Å²) >= 11 is 0. The molecule has 0 aromatic carbocycles. The summed E-state index contributed by atoms with van der Waals surface area (Å²) in [6.07, 6.45) is 0. The quantitative estimate of drug-likeness (QED) is 0.402. The van der Waals surface area contributed by atoms with Gasteiger partial charge in [-0.05, 0) is 19.1 Å². The summed E-state index contributed by atoms with van der Waals surface area (Å²) in [5.41, 5.74) is 0.819. The molecule has 0 fully saturated rings. The highest BCUT2D eigenvalue weighted by molar-refractivity contribution is 5.85. The minimum atomic E-state index is -0.983. The van der Waals surface area contributed by atoms with E-state index in [0.717, 1.165) is 5.69 Å². The number of pyridine rings is 1. The normalized spacial score (nSPS) is 8.25. The molecule has 0 unspecified atom stereocenters. The zero-order valence-corrected chi connectivity index (χ0v) is 6.69. The van der Waals surface area contributed by atoms with Crippen molar-refractivity contribution in [2.24, 2.45) is 11.7 Å². The molecular formula is C7H11N3O2. The number of hydrazine groups is 1. The second kappa shape index (κ2) is 5.22. The Kier molecular flexibility index (Phi) is 4.59. The van der Waals surface area contributed by atoms with E-state index in [1.165, 1.54) is 6.07 Å². The first kappa shape index (κ1) is 10.5. The average Bonchev–Trinajstić information content (AvgIpc) is 2.08. The Morgan fingerprint density at radius 1 is 1.50 bits per heavy atom. The van der Waals surface area contributed by atoms with Crippen molar-refractivity contribution in [2.75, 3.05) is 0 Å². The van der Waals surface area contributed by atoms with Gasteiger partial charge in [0, 0.05) is 5.69 Å². The molecule has 0 radical (unpaired) electrons. The van der Waals surface area contributed by atoms with E-state index in [4.69, 9.17) is 5.11 Å². The van der Waals surface area contributed by atoms with Gasteiger partial charge in [0.15, 0.2) is 0 Å². The predicted octanol–water partition coefficient (Wildman–Crippen LogP) is -0.0930. The minimum absolute atomic E-state index is 0.0972. The number of aryl methyl sites for hydroxylation is 1. The SMILES string of the molecule is Cc1cccc(C(=O)O)n1.NN. The molecule has 1 aromatic heterocycles. The van der Waals surface area contributed by atoms with Crippen molar-refractivity contribution in [3.63, 3.8) is 0 Å². The summed E-state index contributed by atoms with van der Waals surface area (Å²) in [7, 11) is 0. The number of hydrogen-bond donors (Lipinski definition) is 3. The van der Waals surface area contributed by atoms with Gasteiger partial charge in [0.1, 0.15) is 5.69 Å². The van der Waals surface area contributed by atoms with Gasteiger partial charge in [0.2, 0.25) is 0 Å². The molecule has 12 heavy (non-hydrogen) atoms. The standard InChI is InChI=1S/C7H7NO2.H4N2/c1-5-3-2-4-6(8-5)7(9)10;1-2/h2-4H,1H3,(H,9,10);1-2H2. The summed E-state index contributed by atoms with van der Waals surface area (Å²) in [4.78, 5) is 14.1. The fourth-order valence-corrected chi connectivity index (χ4v) is 0.662. The van der Waals surface area contributed by atoms with Gasteiger partial charge in [-0.1, -0.05) is 6.07 Å². The Morgan fingerprint density at radius 3 is 2.42 bits per heavy atom. The zero-order chi connectivity index (χ0) is 9.56. The van der Waals surface area contributed by atoms with Crippen molar-refractivity contribution in [1.29, 1.82) is 0 Å². The largest absolute Gasteiger partial charge is 0.477 e. The molecule has 0 amide bonds. The number of rotatable bonds is 1. The van der Waals surface area contributed by atoms with Crippen LogP contribution in [0.3, 0.4) is 0 Å². The molecule has 5 nitrogen and oxygen atoms in total. The first-order chi connectivity index (χ1) is 5.70. The molecule has 5 N–H and O–H groups in total. The molecule has 0 aliphatic rings. The van der Waals surface area contributed by atoms with Gasteiger partial charge >= 0.3 is 5.97 Å². The molecular weight excluding hydrogens is 158 g/mol. The molecule has 0 atom stereocenters. The fourth-order valence-electron chi connectivity index (χ4n) is 0.662. The van der Waals surface area contributed by atoms with E-state index in [0.29, 0.717) is 0 Å². The lowest BCUT2D eigenvalue weighted by Gasteiger charge is -1.92. The van der Waals surface area contributed by atoms with Crippen molar-refractivity contribution >= 4 is 5.97 Å². The van der Waals surface area contributed by atoms with Crippen LogP contribution in [0.25, 0.3) is 0 Å². The van der Waals surface area contributed by atoms with E-state index >= 15 is 0 Å².